The van der Waals surface area contributed by atoms with Crippen LogP contribution < -0.4 is 24.7 Å². The van der Waals surface area contributed by atoms with Crippen LogP contribution in [0.4, 0.5) is 27.8 Å². The number of thiocarbonyl (C=S) groups is 2. The molecule has 2 unspecified atom stereocenters. The first-order valence-corrected chi connectivity index (χ1v) is 29.5. The molecule has 8 rings (SSSR count). The lowest BCUT2D eigenvalue weighted by atomic mass is 9.91. The highest BCUT2D eigenvalue weighted by Gasteiger charge is 2.31. The molecule has 0 spiro atoms. The summed E-state index contributed by atoms with van der Waals surface area (Å²) >= 11 is 36.6. The van der Waals surface area contributed by atoms with Gasteiger partial charge in [-0.25, -0.2) is 15.0 Å². The highest BCUT2D eigenvalue weighted by Crippen LogP contribution is 2.37. The summed E-state index contributed by atoms with van der Waals surface area (Å²) in [6, 6.07) is 24.9. The predicted molar refractivity (Wildman–Crippen MR) is 307 cm³/mol. The summed E-state index contributed by atoms with van der Waals surface area (Å²) in [5, 5.41) is 7.84. The van der Waals surface area contributed by atoms with Crippen LogP contribution in [0.3, 0.4) is 0 Å². The van der Waals surface area contributed by atoms with E-state index in [-0.39, 0.29) is 57.9 Å². The number of anilines is 1. The van der Waals surface area contributed by atoms with Crippen LogP contribution in [0.25, 0.3) is 34.2 Å². The lowest BCUT2D eigenvalue weighted by Crippen LogP contribution is -2.42. The molecule has 4 aromatic carbocycles. The first-order chi connectivity index (χ1) is 37.4. The summed E-state index contributed by atoms with van der Waals surface area (Å²) in [5.74, 6) is 0.279. The van der Waals surface area contributed by atoms with E-state index in [0.717, 1.165) is 43.5 Å². The number of pyridine rings is 1. The van der Waals surface area contributed by atoms with Crippen molar-refractivity contribution in [3.8, 4) is 45.6 Å². The first-order valence-electron chi connectivity index (χ1n) is 24.0. The maximum Gasteiger partial charge on any atom is 0.417 e. The van der Waals surface area contributed by atoms with Gasteiger partial charge in [-0.3, -0.25) is 17.9 Å². The molecule has 0 aliphatic heterocycles. The molecular weight excluding hydrogens is 1200 g/mol. The summed E-state index contributed by atoms with van der Waals surface area (Å²) in [7, 11) is -7.87. The number of nitrogens with two attached hydrogens (primary N) is 1. The van der Waals surface area contributed by atoms with E-state index in [2.05, 4.69) is 20.6 Å². The van der Waals surface area contributed by atoms with Crippen LogP contribution in [0.5, 0.6) is 11.5 Å². The van der Waals surface area contributed by atoms with Crippen molar-refractivity contribution in [1.82, 2.24) is 29.4 Å². The van der Waals surface area contributed by atoms with Crippen LogP contribution >= 0.6 is 70.8 Å². The third-order valence-electron chi connectivity index (χ3n) is 12.1. The van der Waals surface area contributed by atoms with Crippen LogP contribution in [0.15, 0.2) is 103 Å². The molecule has 1 saturated carbocycles. The van der Waals surface area contributed by atoms with Crippen molar-refractivity contribution in [2.75, 3.05) is 30.2 Å². The van der Waals surface area contributed by atoms with E-state index in [1.165, 1.54) is 30.3 Å². The normalized spacial score (nSPS) is 14.7. The van der Waals surface area contributed by atoms with Crippen molar-refractivity contribution in [3.05, 3.63) is 152 Å². The van der Waals surface area contributed by atoms with Gasteiger partial charge in [-0.05, 0) is 149 Å². The molecule has 1 aliphatic rings. The second kappa shape index (κ2) is 26.4. The van der Waals surface area contributed by atoms with E-state index in [0.29, 0.717) is 71.8 Å². The van der Waals surface area contributed by atoms with Crippen molar-refractivity contribution >= 4 is 107 Å². The number of hydrogen-bond donors (Lipinski definition) is 3. The molecule has 3 aromatic heterocycles. The Bertz CT molecular complexity index is 3560. The van der Waals surface area contributed by atoms with Crippen molar-refractivity contribution in [1.29, 1.82) is 0 Å². The molecule has 7 aromatic rings. The van der Waals surface area contributed by atoms with Crippen LogP contribution in [-0.4, -0.2) is 87.8 Å². The number of benzene rings is 4. The van der Waals surface area contributed by atoms with Gasteiger partial charge in [-0.1, -0.05) is 70.8 Å². The SMILES string of the molecule is Cc1c(C(=S)NC2CCCC(N)C2)nc(-c2ccc(Cl)cc2Cl)n1-c1ccc(OS(=O)(=O)CCCF)cc1.Cc1c(C(=S)Nc2ccc(C(F)(F)F)cn2)nc(-c2ccc(Cl)cc2Cl)n1-c1ccc(OS(=O)(=O)CCCF)cc1. The maximum absolute atomic E-state index is 12.9. The Morgan fingerprint density at radius 1 is 0.696 bits per heavy atom. The summed E-state index contributed by atoms with van der Waals surface area (Å²) in [6.45, 7) is 2.10. The summed E-state index contributed by atoms with van der Waals surface area (Å²) in [5.41, 5.74) is 9.82. The maximum atomic E-state index is 12.9. The second-order valence-electron chi connectivity index (χ2n) is 17.9. The number of imidazole rings is 2. The standard InChI is InChI=1S/C26H20Cl2F4N4O3S2.C26H29Cl2FN4O3S2/c1-15-23(25(40)34-22-10-3-16(14-33-22)26(30,31)32)35-24(20-9-4-17(27)13-21(20)28)36(15)18-5-7-19(8-6-18)39-41(37,38)12-2-11-29;1-16-24(26(37)31-19-5-2-4-18(30)15-19)32-25(22-11-6-17(27)14-23(22)28)33(16)20-7-9-21(10-8-20)36-38(34,35)13-3-12-29/h3-10,13-14H,2,11-12H2,1H3,(H,33,34,40);6-11,14,18-19H,2-5,12-13,15,30H2,1H3,(H,31,37). The molecule has 0 saturated heterocycles. The molecule has 0 radical (unpaired) electrons. The third kappa shape index (κ3) is 15.9. The Morgan fingerprint density at radius 2 is 1.16 bits per heavy atom. The van der Waals surface area contributed by atoms with E-state index in [4.69, 9.17) is 89.9 Å². The number of aromatic nitrogens is 5. The van der Waals surface area contributed by atoms with Gasteiger partial charge in [0.05, 0.1) is 51.9 Å². The van der Waals surface area contributed by atoms with Gasteiger partial charge >= 0.3 is 26.4 Å². The van der Waals surface area contributed by atoms with Gasteiger partial charge in [-0.2, -0.15) is 30.0 Å². The van der Waals surface area contributed by atoms with Crippen LogP contribution in [0.2, 0.25) is 20.1 Å². The molecule has 27 heteroatoms. The van der Waals surface area contributed by atoms with Crippen molar-refractivity contribution in [3.63, 3.8) is 0 Å². The molecule has 1 aliphatic carbocycles. The van der Waals surface area contributed by atoms with Gasteiger partial charge < -0.3 is 24.7 Å². The predicted octanol–water partition coefficient (Wildman–Crippen LogP) is 13.2. The summed E-state index contributed by atoms with van der Waals surface area (Å²) < 4.78 is 126. The lowest BCUT2D eigenvalue weighted by molar-refractivity contribution is -0.137. The third-order valence-corrected chi connectivity index (χ3v) is 16.2. The molecule has 1 fully saturated rings. The Kier molecular flexibility index (Phi) is 20.4. The topological polar surface area (TPSA) is 185 Å². The minimum absolute atomic E-state index is 0.0299. The highest BCUT2D eigenvalue weighted by molar-refractivity contribution is 7.87. The molecule has 0 amide bonds. The Labute approximate surface area is 484 Å². The fourth-order valence-corrected chi connectivity index (χ4v) is 11.9. The van der Waals surface area contributed by atoms with E-state index in [9.17, 15) is 38.8 Å². The Morgan fingerprint density at radius 3 is 1.57 bits per heavy atom. The molecule has 0 bridgehead atoms. The van der Waals surface area contributed by atoms with Gasteiger partial charge in [0, 0.05) is 50.8 Å². The smallest absolute Gasteiger partial charge is 0.382 e. The molecule has 14 nitrogen and oxygen atoms in total. The van der Waals surface area contributed by atoms with Crippen molar-refractivity contribution in [2.24, 2.45) is 5.73 Å². The molecule has 420 valence electrons. The molecule has 3 heterocycles. The number of rotatable bonds is 18. The molecule has 4 N–H and O–H groups in total. The second-order valence-corrected chi connectivity index (χ2v) is 23.8. The molecule has 79 heavy (non-hydrogen) atoms. The van der Waals surface area contributed by atoms with E-state index in [1.54, 1.807) is 66.1 Å². The van der Waals surface area contributed by atoms with Crippen molar-refractivity contribution < 1.29 is 47.2 Å². The van der Waals surface area contributed by atoms with E-state index in [1.807, 2.05) is 11.5 Å². The quantitative estimate of drug-likeness (QED) is 0.0419. The van der Waals surface area contributed by atoms with Gasteiger partial charge in [0.1, 0.15) is 50.3 Å². The average molecular weight is 1250 g/mol. The van der Waals surface area contributed by atoms with Gasteiger partial charge in [0.2, 0.25) is 0 Å². The zero-order valence-electron chi connectivity index (χ0n) is 41.8. The van der Waals surface area contributed by atoms with Crippen LogP contribution in [0.1, 0.15) is 66.9 Å². The molecule has 2 atom stereocenters. The minimum atomic E-state index is -4.53. The molecular formula is C52H49Cl4F5N8O6S4. The zero-order valence-corrected chi connectivity index (χ0v) is 48.1. The summed E-state index contributed by atoms with van der Waals surface area (Å²) in [6.07, 6.45) is -0.274. The number of nitrogens with zero attached hydrogens (tertiary/aromatic N) is 5. The first kappa shape index (κ1) is 61.1. The van der Waals surface area contributed by atoms with Gasteiger partial charge in [0.15, 0.2) is 0 Å². The number of halogens is 9. The summed E-state index contributed by atoms with van der Waals surface area (Å²) in [4.78, 5) is 14.0. The Hall–Kier alpha value is -5.50. The van der Waals surface area contributed by atoms with Crippen LogP contribution in [-0.2, 0) is 26.4 Å². The Balaban J connectivity index is 0.000000229. The lowest BCUT2D eigenvalue weighted by Gasteiger charge is -2.28. The minimum Gasteiger partial charge on any atom is -0.382 e. The number of hydrogen-bond acceptors (Lipinski definition) is 12. The van der Waals surface area contributed by atoms with Gasteiger partial charge in [-0.15, -0.1) is 0 Å². The fraction of sp³-hybridized carbons (Fsp3) is 0.288. The highest BCUT2D eigenvalue weighted by atomic mass is 35.5. The van der Waals surface area contributed by atoms with E-state index < -0.39 is 56.8 Å². The number of nitrogens with one attached hydrogen (secondary N) is 2. The monoisotopic (exact) mass is 1240 g/mol. The largest absolute Gasteiger partial charge is 0.417 e. The van der Waals surface area contributed by atoms with E-state index >= 15 is 0 Å². The van der Waals surface area contributed by atoms with Crippen molar-refractivity contribution in [2.45, 2.75) is 70.6 Å². The van der Waals surface area contributed by atoms with Gasteiger partial charge in [0.25, 0.3) is 0 Å². The van der Waals surface area contributed by atoms with Crippen LogP contribution in [0, 0.1) is 13.8 Å². The number of alkyl halides is 5. The fourth-order valence-electron chi connectivity index (χ4n) is 8.33. The average Bonchev–Trinajstić information content (AvgIpc) is 4.01. The zero-order chi connectivity index (χ0) is 57.4.